The molecule has 1 amide bonds. The second-order valence-electron chi connectivity index (χ2n) is 8.07. The summed E-state index contributed by atoms with van der Waals surface area (Å²) >= 11 is 3.37. The van der Waals surface area contributed by atoms with E-state index in [-0.39, 0.29) is 17.8 Å². The molecule has 27 heavy (non-hydrogen) atoms. The van der Waals surface area contributed by atoms with E-state index >= 15 is 0 Å². The van der Waals surface area contributed by atoms with Crippen molar-refractivity contribution in [2.45, 2.75) is 46.6 Å². The molecule has 1 aliphatic heterocycles. The third kappa shape index (κ3) is 4.48. The number of imidazole rings is 1. The molecule has 2 aromatic heterocycles. The van der Waals surface area contributed by atoms with Crippen LogP contribution in [0.1, 0.15) is 52.5 Å². The summed E-state index contributed by atoms with van der Waals surface area (Å²) in [6, 6.07) is 1.88. The summed E-state index contributed by atoms with van der Waals surface area (Å²) in [4.78, 5) is 38.7. The van der Waals surface area contributed by atoms with E-state index in [1.54, 1.807) is 18.0 Å². The van der Waals surface area contributed by atoms with Crippen molar-refractivity contribution >= 4 is 39.0 Å². The molecule has 2 atom stereocenters. The molecule has 2 aromatic rings. The fourth-order valence-electron chi connectivity index (χ4n) is 3.24. The molecule has 3 heterocycles. The fraction of sp³-hybridized carbons (Fsp3) is 0.579. The van der Waals surface area contributed by atoms with Crippen molar-refractivity contribution in [1.82, 2.24) is 19.9 Å². The van der Waals surface area contributed by atoms with Crippen LogP contribution >= 0.6 is 15.9 Å². The van der Waals surface area contributed by atoms with Crippen LogP contribution < -0.4 is 0 Å². The van der Waals surface area contributed by atoms with Gasteiger partial charge in [0.1, 0.15) is 5.82 Å². The lowest BCUT2D eigenvalue weighted by molar-refractivity contribution is -0.157. The molecule has 7 nitrogen and oxygen atoms in total. The Bertz CT molecular complexity index is 858. The third-order valence-electron chi connectivity index (χ3n) is 4.68. The second kappa shape index (κ2) is 7.58. The number of esters is 1. The Morgan fingerprint density at radius 2 is 2.15 bits per heavy atom. The zero-order valence-corrected chi connectivity index (χ0v) is 17.7. The minimum atomic E-state index is -0.515. The molecule has 1 N–H and O–H groups in total. The number of hydrogen-bond acceptors (Lipinski definition) is 5. The number of aromatic amines is 1. The SMILES string of the molecule is C[C@@H](OC(=O)[C@H]1CCCN(C(=O)C(C)(C)C)C1)c1nc2ncc(Br)cc2[nH]1. The number of H-pyrrole nitrogens is 1. The molecule has 0 saturated carbocycles. The number of piperidine rings is 1. The number of hydrogen-bond donors (Lipinski definition) is 1. The number of amides is 1. The zero-order valence-electron chi connectivity index (χ0n) is 16.1. The van der Waals surface area contributed by atoms with Crippen LogP contribution in [0.25, 0.3) is 11.2 Å². The van der Waals surface area contributed by atoms with Gasteiger partial charge in [-0.2, -0.15) is 0 Å². The highest BCUT2D eigenvalue weighted by molar-refractivity contribution is 9.10. The molecule has 1 saturated heterocycles. The molecule has 0 bridgehead atoms. The Balaban J connectivity index is 1.65. The third-order valence-corrected chi connectivity index (χ3v) is 5.12. The molecule has 0 aliphatic carbocycles. The summed E-state index contributed by atoms with van der Waals surface area (Å²) in [5.74, 6) is 0.0389. The van der Waals surface area contributed by atoms with E-state index in [2.05, 4.69) is 30.9 Å². The van der Waals surface area contributed by atoms with E-state index in [1.165, 1.54) is 0 Å². The number of nitrogens with zero attached hydrogens (tertiary/aromatic N) is 3. The Labute approximate surface area is 167 Å². The Kier molecular flexibility index (Phi) is 5.55. The molecule has 0 aromatic carbocycles. The van der Waals surface area contributed by atoms with Crippen LogP contribution in [0.2, 0.25) is 0 Å². The topological polar surface area (TPSA) is 88.2 Å². The predicted octanol–water partition coefficient (Wildman–Crippen LogP) is 3.61. The lowest BCUT2D eigenvalue weighted by Crippen LogP contribution is -2.47. The van der Waals surface area contributed by atoms with Crippen LogP contribution in [0.4, 0.5) is 0 Å². The van der Waals surface area contributed by atoms with Gasteiger partial charge in [0, 0.05) is 29.2 Å². The number of aromatic nitrogens is 3. The van der Waals surface area contributed by atoms with Crippen LogP contribution in [0.5, 0.6) is 0 Å². The minimum Gasteiger partial charge on any atom is -0.454 e. The van der Waals surface area contributed by atoms with Gasteiger partial charge in [-0.3, -0.25) is 9.59 Å². The lowest BCUT2D eigenvalue weighted by atomic mass is 9.91. The predicted molar refractivity (Wildman–Crippen MR) is 105 cm³/mol. The van der Waals surface area contributed by atoms with Crippen molar-refractivity contribution in [1.29, 1.82) is 0 Å². The first-order chi connectivity index (χ1) is 12.6. The van der Waals surface area contributed by atoms with Crippen molar-refractivity contribution < 1.29 is 14.3 Å². The van der Waals surface area contributed by atoms with E-state index in [0.717, 1.165) is 22.8 Å². The number of carbonyl (C=O) groups is 2. The van der Waals surface area contributed by atoms with Gasteiger partial charge < -0.3 is 14.6 Å². The zero-order chi connectivity index (χ0) is 19.8. The van der Waals surface area contributed by atoms with Crippen LogP contribution in [0.15, 0.2) is 16.7 Å². The Hall–Kier alpha value is -1.96. The first-order valence-corrected chi connectivity index (χ1v) is 9.95. The molecular formula is C19H25BrN4O3. The normalized spacial score (nSPS) is 19.1. The van der Waals surface area contributed by atoms with E-state index in [9.17, 15) is 9.59 Å². The number of pyridine rings is 1. The molecular weight excluding hydrogens is 412 g/mol. The summed E-state index contributed by atoms with van der Waals surface area (Å²) in [6.07, 6.45) is 2.69. The fourth-order valence-corrected chi connectivity index (χ4v) is 3.57. The first-order valence-electron chi connectivity index (χ1n) is 9.16. The van der Waals surface area contributed by atoms with Gasteiger partial charge in [0.2, 0.25) is 5.91 Å². The summed E-state index contributed by atoms with van der Waals surface area (Å²) in [7, 11) is 0. The molecule has 3 rings (SSSR count). The van der Waals surface area contributed by atoms with E-state index in [1.807, 2.05) is 26.8 Å². The maximum Gasteiger partial charge on any atom is 0.311 e. The number of nitrogens with one attached hydrogen (secondary N) is 1. The number of ether oxygens (including phenoxy) is 1. The van der Waals surface area contributed by atoms with E-state index in [4.69, 9.17) is 4.74 Å². The van der Waals surface area contributed by atoms with Crippen LogP contribution in [-0.4, -0.2) is 44.8 Å². The van der Waals surface area contributed by atoms with E-state index < -0.39 is 11.5 Å². The average Bonchev–Trinajstić information content (AvgIpc) is 3.03. The van der Waals surface area contributed by atoms with Gasteiger partial charge in [-0.25, -0.2) is 9.97 Å². The van der Waals surface area contributed by atoms with Crippen molar-refractivity contribution in [2.75, 3.05) is 13.1 Å². The monoisotopic (exact) mass is 436 g/mol. The van der Waals surface area contributed by atoms with Crippen molar-refractivity contribution in [3.63, 3.8) is 0 Å². The summed E-state index contributed by atoms with van der Waals surface area (Å²) in [5.41, 5.74) is 0.909. The quantitative estimate of drug-likeness (QED) is 0.742. The smallest absolute Gasteiger partial charge is 0.311 e. The first kappa shape index (κ1) is 19.8. The number of carbonyl (C=O) groups excluding carboxylic acids is 2. The Morgan fingerprint density at radius 1 is 1.41 bits per heavy atom. The van der Waals surface area contributed by atoms with Gasteiger partial charge >= 0.3 is 5.97 Å². The van der Waals surface area contributed by atoms with Crippen LogP contribution in [-0.2, 0) is 14.3 Å². The van der Waals surface area contributed by atoms with E-state index in [0.29, 0.717) is 24.6 Å². The second-order valence-corrected chi connectivity index (χ2v) is 8.98. The molecule has 0 spiro atoms. The molecule has 1 fully saturated rings. The van der Waals surface area contributed by atoms with Crippen LogP contribution in [0, 0.1) is 11.3 Å². The maximum absolute atomic E-state index is 12.6. The van der Waals surface area contributed by atoms with Gasteiger partial charge in [0.05, 0.1) is 11.4 Å². The summed E-state index contributed by atoms with van der Waals surface area (Å²) in [5, 5.41) is 0. The standard InChI is InChI=1S/C19H25BrN4O3/c1-11(15-22-14-8-13(20)9-21-16(14)23-15)27-17(25)12-6-5-7-24(10-12)18(26)19(2,3)4/h8-9,11-12H,5-7,10H2,1-4H3,(H,21,22,23)/t11-,12+/m1/s1. The van der Waals surface area contributed by atoms with Crippen molar-refractivity contribution in [2.24, 2.45) is 11.3 Å². The molecule has 1 aliphatic rings. The summed E-state index contributed by atoms with van der Waals surface area (Å²) < 4.78 is 6.49. The molecule has 0 unspecified atom stereocenters. The van der Waals surface area contributed by atoms with Gasteiger partial charge in [0.25, 0.3) is 0 Å². The van der Waals surface area contributed by atoms with Gasteiger partial charge in [-0.05, 0) is 41.8 Å². The number of likely N-dealkylation sites (tertiary alicyclic amines) is 1. The van der Waals surface area contributed by atoms with Crippen molar-refractivity contribution in [3.8, 4) is 0 Å². The van der Waals surface area contributed by atoms with Crippen LogP contribution in [0.3, 0.4) is 0 Å². The largest absolute Gasteiger partial charge is 0.454 e. The number of rotatable bonds is 3. The number of fused-ring (bicyclic) bond motifs is 1. The molecule has 8 heteroatoms. The van der Waals surface area contributed by atoms with Gasteiger partial charge in [0.15, 0.2) is 11.8 Å². The minimum absolute atomic E-state index is 0.0713. The maximum atomic E-state index is 12.6. The number of halogens is 1. The molecule has 146 valence electrons. The summed E-state index contributed by atoms with van der Waals surface area (Å²) in [6.45, 7) is 8.58. The highest BCUT2D eigenvalue weighted by Crippen LogP contribution is 2.26. The highest BCUT2D eigenvalue weighted by atomic mass is 79.9. The average molecular weight is 437 g/mol. The molecule has 0 radical (unpaired) electrons. The van der Waals surface area contributed by atoms with Crippen molar-refractivity contribution in [3.05, 3.63) is 22.6 Å². The van der Waals surface area contributed by atoms with Gasteiger partial charge in [-0.1, -0.05) is 20.8 Å². The lowest BCUT2D eigenvalue weighted by Gasteiger charge is -2.35. The highest BCUT2D eigenvalue weighted by Gasteiger charge is 2.34. The Morgan fingerprint density at radius 3 is 2.85 bits per heavy atom. The van der Waals surface area contributed by atoms with Gasteiger partial charge in [-0.15, -0.1) is 0 Å².